The summed E-state index contributed by atoms with van der Waals surface area (Å²) in [6, 6.07) is 5.53. The Labute approximate surface area is 131 Å². The number of allylic oxidation sites excluding steroid dienone is 1. The predicted molar refractivity (Wildman–Crippen MR) is 78.0 cm³/mol. The monoisotopic (exact) mass is 313 g/mol. The fraction of sp³-hybridized carbons (Fsp3) is 0.188. The normalized spacial score (nSPS) is 22.6. The molecule has 1 spiro atoms. The average Bonchev–Trinajstić information content (AvgIpc) is 2.72. The van der Waals surface area contributed by atoms with Crippen molar-refractivity contribution in [3.63, 3.8) is 0 Å². The maximum absolute atomic E-state index is 13.8. The van der Waals surface area contributed by atoms with Crippen molar-refractivity contribution in [2.24, 2.45) is 5.73 Å². The van der Waals surface area contributed by atoms with E-state index < -0.39 is 22.9 Å². The summed E-state index contributed by atoms with van der Waals surface area (Å²) >= 11 is 0. The van der Waals surface area contributed by atoms with Crippen LogP contribution in [-0.4, -0.2) is 11.7 Å². The van der Waals surface area contributed by atoms with E-state index in [9.17, 15) is 19.2 Å². The van der Waals surface area contributed by atoms with Crippen LogP contribution in [0.5, 0.6) is 0 Å². The number of carbonyl (C=O) groups excluding carboxylic acids is 2. The zero-order valence-electron chi connectivity index (χ0n) is 12.4. The number of benzene rings is 1. The average molecular weight is 313 g/mol. The Balaban J connectivity index is 2.48. The minimum absolute atomic E-state index is 0.0231. The first-order valence-electron chi connectivity index (χ1n) is 6.76. The Bertz CT molecular complexity index is 879. The summed E-state index contributed by atoms with van der Waals surface area (Å²) in [4.78, 5) is 25.0. The molecule has 1 aromatic carbocycles. The fourth-order valence-electron chi connectivity index (χ4n) is 3.26. The van der Waals surface area contributed by atoms with Gasteiger partial charge in [-0.3, -0.25) is 9.59 Å². The van der Waals surface area contributed by atoms with E-state index in [4.69, 9.17) is 10.5 Å². The largest absolute Gasteiger partial charge is 0.445 e. The van der Waals surface area contributed by atoms with Crippen molar-refractivity contribution in [1.82, 2.24) is 0 Å². The van der Waals surface area contributed by atoms with Crippen LogP contribution in [0.25, 0.3) is 0 Å². The zero-order valence-corrected chi connectivity index (χ0v) is 12.4. The van der Waals surface area contributed by atoms with Crippen molar-refractivity contribution in [2.75, 3.05) is 5.32 Å². The Morgan fingerprint density at radius 2 is 2.17 bits per heavy atom. The lowest BCUT2D eigenvalue weighted by atomic mass is 9.67. The lowest BCUT2D eigenvalue weighted by Gasteiger charge is -2.34. The van der Waals surface area contributed by atoms with Crippen molar-refractivity contribution >= 4 is 17.4 Å². The molecule has 0 bridgehead atoms. The minimum atomic E-state index is -1.79. The number of nitriles is 1. The Morgan fingerprint density at radius 3 is 2.78 bits per heavy atom. The third-order valence-corrected chi connectivity index (χ3v) is 4.05. The summed E-state index contributed by atoms with van der Waals surface area (Å²) in [7, 11) is 0. The van der Waals surface area contributed by atoms with Crippen LogP contribution in [-0.2, 0) is 19.7 Å². The summed E-state index contributed by atoms with van der Waals surface area (Å²) in [5, 5.41) is 12.1. The molecule has 0 aliphatic carbocycles. The number of ketones is 1. The highest BCUT2D eigenvalue weighted by atomic mass is 19.1. The van der Waals surface area contributed by atoms with Crippen LogP contribution in [0.1, 0.15) is 19.4 Å². The van der Waals surface area contributed by atoms with Crippen molar-refractivity contribution in [3.05, 3.63) is 52.4 Å². The Hall–Kier alpha value is -3.14. The molecule has 1 amide bonds. The van der Waals surface area contributed by atoms with Gasteiger partial charge in [0.25, 0.3) is 0 Å². The van der Waals surface area contributed by atoms with Gasteiger partial charge >= 0.3 is 0 Å². The molecule has 23 heavy (non-hydrogen) atoms. The van der Waals surface area contributed by atoms with E-state index in [-0.39, 0.29) is 28.4 Å². The fourth-order valence-corrected chi connectivity index (χ4v) is 3.26. The van der Waals surface area contributed by atoms with E-state index in [0.29, 0.717) is 5.69 Å². The number of rotatable bonds is 1. The molecule has 0 fully saturated rings. The summed E-state index contributed by atoms with van der Waals surface area (Å²) in [6.07, 6.45) is 0. The van der Waals surface area contributed by atoms with E-state index in [1.807, 2.05) is 6.07 Å². The highest BCUT2D eigenvalue weighted by molar-refractivity contribution is 6.18. The molecule has 0 aromatic heterocycles. The van der Waals surface area contributed by atoms with Gasteiger partial charge < -0.3 is 15.8 Å². The SMILES string of the molecule is CC(=O)C1=C(C)OC(N)=C(C#N)C12C(=O)Nc1ccc(F)cc12. The van der Waals surface area contributed by atoms with Gasteiger partial charge in [-0.15, -0.1) is 0 Å². The number of Topliss-reactive ketones (excluding diaryl/α,β-unsaturated/α-hetero) is 1. The number of nitrogens with two attached hydrogens (primary N) is 1. The van der Waals surface area contributed by atoms with Gasteiger partial charge in [-0.2, -0.15) is 5.26 Å². The van der Waals surface area contributed by atoms with Gasteiger partial charge in [0.1, 0.15) is 28.6 Å². The van der Waals surface area contributed by atoms with Crippen molar-refractivity contribution in [2.45, 2.75) is 19.3 Å². The van der Waals surface area contributed by atoms with Gasteiger partial charge in [0, 0.05) is 11.3 Å². The van der Waals surface area contributed by atoms with Gasteiger partial charge in [0.05, 0.1) is 5.57 Å². The highest BCUT2D eigenvalue weighted by Gasteiger charge is 2.58. The number of hydrogen-bond donors (Lipinski definition) is 2. The smallest absolute Gasteiger partial charge is 0.245 e. The van der Waals surface area contributed by atoms with E-state index in [0.717, 1.165) is 6.07 Å². The molecule has 3 N–H and O–H groups in total. The predicted octanol–water partition coefficient (Wildman–Crippen LogP) is 1.60. The molecule has 2 heterocycles. The van der Waals surface area contributed by atoms with Crippen LogP contribution < -0.4 is 11.1 Å². The molecule has 3 rings (SSSR count). The molecule has 7 heteroatoms. The van der Waals surface area contributed by atoms with E-state index in [2.05, 4.69) is 5.32 Å². The topological polar surface area (TPSA) is 105 Å². The Morgan fingerprint density at radius 1 is 1.48 bits per heavy atom. The van der Waals surface area contributed by atoms with Crippen molar-refractivity contribution in [1.29, 1.82) is 5.26 Å². The molecule has 1 unspecified atom stereocenters. The molecular formula is C16H12FN3O3. The molecule has 6 nitrogen and oxygen atoms in total. The van der Waals surface area contributed by atoms with Crippen molar-refractivity contribution in [3.8, 4) is 6.07 Å². The zero-order chi connectivity index (χ0) is 16.9. The summed E-state index contributed by atoms with van der Waals surface area (Å²) in [5.41, 5.74) is 4.23. The van der Waals surface area contributed by atoms with Crippen LogP contribution in [0.15, 0.2) is 41.0 Å². The van der Waals surface area contributed by atoms with Crippen molar-refractivity contribution < 1.29 is 18.7 Å². The van der Waals surface area contributed by atoms with Crippen LogP contribution in [0.2, 0.25) is 0 Å². The molecular weight excluding hydrogens is 301 g/mol. The maximum Gasteiger partial charge on any atom is 0.245 e. The molecule has 0 radical (unpaired) electrons. The second-order valence-corrected chi connectivity index (χ2v) is 5.33. The molecule has 2 aliphatic heterocycles. The lowest BCUT2D eigenvalue weighted by molar-refractivity contribution is -0.122. The number of anilines is 1. The van der Waals surface area contributed by atoms with Gasteiger partial charge in [0.15, 0.2) is 5.78 Å². The number of ether oxygens (including phenoxy) is 1. The number of hydrogen-bond acceptors (Lipinski definition) is 5. The molecule has 0 saturated heterocycles. The third-order valence-electron chi connectivity index (χ3n) is 4.05. The molecule has 2 aliphatic rings. The first kappa shape index (κ1) is 14.8. The van der Waals surface area contributed by atoms with Gasteiger partial charge in [-0.25, -0.2) is 4.39 Å². The van der Waals surface area contributed by atoms with Gasteiger partial charge in [-0.05, 0) is 32.0 Å². The number of fused-ring (bicyclic) bond motifs is 2. The Kier molecular flexibility index (Phi) is 3.01. The molecule has 116 valence electrons. The molecule has 0 saturated carbocycles. The third kappa shape index (κ3) is 1.72. The summed E-state index contributed by atoms with van der Waals surface area (Å²) in [5.74, 6) is -1.86. The molecule has 1 aromatic rings. The van der Waals surface area contributed by atoms with Crippen LogP contribution in [0.4, 0.5) is 10.1 Å². The minimum Gasteiger partial charge on any atom is -0.445 e. The van der Waals surface area contributed by atoms with E-state index in [1.165, 1.54) is 26.0 Å². The summed E-state index contributed by atoms with van der Waals surface area (Å²) in [6.45, 7) is 2.73. The first-order chi connectivity index (χ1) is 10.8. The highest BCUT2D eigenvalue weighted by Crippen LogP contribution is 2.51. The second-order valence-electron chi connectivity index (χ2n) is 5.33. The number of halogens is 1. The number of carbonyl (C=O) groups is 2. The number of amides is 1. The quantitative estimate of drug-likeness (QED) is 0.819. The van der Waals surface area contributed by atoms with Crippen LogP contribution >= 0.6 is 0 Å². The first-order valence-corrected chi connectivity index (χ1v) is 6.76. The number of nitrogens with zero attached hydrogens (tertiary/aromatic N) is 1. The second kappa shape index (κ2) is 4.68. The standard InChI is InChI=1S/C16H12FN3O3/c1-7(21)13-8(2)23-14(19)11(6-18)16(13)10-5-9(17)3-4-12(10)20-15(16)22/h3-5H,19H2,1-2H3,(H,20,22). The van der Waals surface area contributed by atoms with Crippen LogP contribution in [0.3, 0.4) is 0 Å². The van der Waals surface area contributed by atoms with E-state index >= 15 is 0 Å². The maximum atomic E-state index is 13.8. The van der Waals surface area contributed by atoms with Crippen LogP contribution in [0, 0.1) is 17.1 Å². The van der Waals surface area contributed by atoms with E-state index in [1.54, 1.807) is 0 Å². The lowest BCUT2D eigenvalue weighted by Crippen LogP contribution is -2.44. The summed E-state index contributed by atoms with van der Waals surface area (Å²) < 4.78 is 19.0. The molecule has 1 atom stereocenters. The number of nitrogens with one attached hydrogen (secondary N) is 1. The van der Waals surface area contributed by atoms with Gasteiger partial charge in [0.2, 0.25) is 11.8 Å². The van der Waals surface area contributed by atoms with Gasteiger partial charge in [-0.1, -0.05) is 0 Å².